The Balaban J connectivity index is 1.40. The van der Waals surface area contributed by atoms with Crippen molar-refractivity contribution in [2.24, 2.45) is 5.92 Å². The predicted octanol–water partition coefficient (Wildman–Crippen LogP) is 1.80. The lowest BCUT2D eigenvalue weighted by Gasteiger charge is -2.37. The maximum atomic E-state index is 13.5. The van der Waals surface area contributed by atoms with Gasteiger partial charge in [0.2, 0.25) is 5.91 Å². The summed E-state index contributed by atoms with van der Waals surface area (Å²) in [6.07, 6.45) is 1.37. The van der Waals surface area contributed by atoms with Gasteiger partial charge < -0.3 is 15.2 Å². The van der Waals surface area contributed by atoms with Crippen LogP contribution in [0.3, 0.4) is 0 Å². The average molecular weight is 400 g/mol. The van der Waals surface area contributed by atoms with Crippen LogP contribution in [-0.2, 0) is 4.79 Å². The van der Waals surface area contributed by atoms with Gasteiger partial charge in [-0.15, -0.1) is 0 Å². The van der Waals surface area contributed by atoms with Crippen molar-refractivity contribution in [1.29, 1.82) is 5.26 Å². The van der Waals surface area contributed by atoms with Gasteiger partial charge in [0.05, 0.1) is 18.2 Å². The van der Waals surface area contributed by atoms with E-state index < -0.39 is 36.8 Å². The third kappa shape index (κ3) is 3.46. The second-order valence-electron chi connectivity index (χ2n) is 7.59. The lowest BCUT2D eigenvalue weighted by Crippen LogP contribution is -2.51. The molecule has 1 atom stereocenters. The SMILES string of the molecule is N#CC1CC(F)(F)CN1C(=O)C1CC(NC(=O)c2c[nH]c(=O)c3ccccc23)C1. The monoisotopic (exact) mass is 400 g/mol. The molecular weight excluding hydrogens is 382 g/mol. The highest BCUT2D eigenvalue weighted by atomic mass is 19.3. The summed E-state index contributed by atoms with van der Waals surface area (Å²) in [4.78, 5) is 40.5. The first-order valence-electron chi connectivity index (χ1n) is 9.28. The van der Waals surface area contributed by atoms with Crippen LogP contribution in [0.1, 0.15) is 29.6 Å². The summed E-state index contributed by atoms with van der Waals surface area (Å²) in [7, 11) is 0. The summed E-state index contributed by atoms with van der Waals surface area (Å²) in [6, 6.07) is 7.13. The fraction of sp³-hybridized carbons (Fsp3) is 0.400. The van der Waals surface area contributed by atoms with Crippen molar-refractivity contribution in [3.05, 3.63) is 46.4 Å². The summed E-state index contributed by atoms with van der Waals surface area (Å²) in [5, 5.41) is 12.8. The first-order valence-corrected chi connectivity index (χ1v) is 9.28. The number of fused-ring (bicyclic) bond motifs is 1. The van der Waals surface area contributed by atoms with E-state index >= 15 is 0 Å². The maximum absolute atomic E-state index is 13.5. The lowest BCUT2D eigenvalue weighted by atomic mass is 9.79. The topological polar surface area (TPSA) is 106 Å². The molecule has 2 heterocycles. The van der Waals surface area contributed by atoms with Crippen molar-refractivity contribution in [3.8, 4) is 6.07 Å². The number of pyridine rings is 1. The highest BCUT2D eigenvalue weighted by Gasteiger charge is 2.50. The highest BCUT2D eigenvalue weighted by molar-refractivity contribution is 6.06. The standard InChI is InChI=1S/C20H18F2N4O3/c21-20(22)7-13(8-23)26(10-20)19(29)11-5-12(6-11)25-18(28)16-9-24-17(27)15-4-2-1-3-14(15)16/h1-4,9,11-13H,5-7,10H2,(H,24,27)(H,25,28). The fourth-order valence-electron chi connectivity index (χ4n) is 4.00. The smallest absolute Gasteiger partial charge is 0.268 e. The Labute approximate surface area is 164 Å². The number of H-pyrrole nitrogens is 1. The summed E-state index contributed by atoms with van der Waals surface area (Å²) < 4.78 is 27.1. The summed E-state index contributed by atoms with van der Waals surface area (Å²) in [5.74, 6) is -4.37. The summed E-state index contributed by atoms with van der Waals surface area (Å²) >= 11 is 0. The van der Waals surface area contributed by atoms with Crippen molar-refractivity contribution in [1.82, 2.24) is 15.2 Å². The van der Waals surface area contributed by atoms with Crippen molar-refractivity contribution in [2.75, 3.05) is 6.54 Å². The molecule has 150 valence electrons. The van der Waals surface area contributed by atoms with Gasteiger partial charge in [-0.25, -0.2) is 8.78 Å². The van der Waals surface area contributed by atoms with Crippen LogP contribution in [-0.4, -0.2) is 46.2 Å². The van der Waals surface area contributed by atoms with Crippen LogP contribution in [0.15, 0.2) is 35.3 Å². The number of hydrogen-bond acceptors (Lipinski definition) is 4. The molecule has 2 N–H and O–H groups in total. The zero-order valence-corrected chi connectivity index (χ0v) is 15.3. The number of rotatable bonds is 3. The molecule has 9 heteroatoms. The van der Waals surface area contributed by atoms with Gasteiger partial charge in [0, 0.05) is 35.3 Å². The molecule has 0 bridgehead atoms. The molecule has 4 rings (SSSR count). The minimum Gasteiger partial charge on any atom is -0.349 e. The van der Waals surface area contributed by atoms with E-state index in [0.29, 0.717) is 29.2 Å². The van der Waals surface area contributed by atoms with E-state index in [4.69, 9.17) is 5.26 Å². The third-order valence-corrected chi connectivity index (χ3v) is 5.58. The van der Waals surface area contributed by atoms with Gasteiger partial charge in [0.1, 0.15) is 6.04 Å². The molecule has 0 radical (unpaired) electrons. The van der Waals surface area contributed by atoms with E-state index in [9.17, 15) is 23.2 Å². The zero-order valence-electron chi connectivity index (χ0n) is 15.3. The fourth-order valence-corrected chi connectivity index (χ4v) is 4.00. The first kappa shape index (κ1) is 19.1. The minimum absolute atomic E-state index is 0.272. The molecule has 1 saturated heterocycles. The zero-order chi connectivity index (χ0) is 20.8. The maximum Gasteiger partial charge on any atom is 0.268 e. The van der Waals surface area contributed by atoms with Gasteiger partial charge in [-0.3, -0.25) is 14.4 Å². The van der Waals surface area contributed by atoms with E-state index in [1.807, 2.05) is 0 Å². The molecule has 1 aromatic heterocycles. The molecule has 29 heavy (non-hydrogen) atoms. The van der Waals surface area contributed by atoms with E-state index in [-0.39, 0.29) is 17.5 Å². The van der Waals surface area contributed by atoms with Gasteiger partial charge in [0.15, 0.2) is 0 Å². The van der Waals surface area contributed by atoms with E-state index in [2.05, 4.69) is 10.3 Å². The van der Waals surface area contributed by atoms with Gasteiger partial charge >= 0.3 is 0 Å². The highest BCUT2D eigenvalue weighted by Crippen LogP contribution is 2.36. The van der Waals surface area contributed by atoms with Crippen LogP contribution in [0.2, 0.25) is 0 Å². The number of hydrogen-bond donors (Lipinski definition) is 2. The number of carbonyl (C=O) groups excluding carboxylic acids is 2. The normalized spacial score (nSPS) is 25.3. The number of carbonyl (C=O) groups is 2. The third-order valence-electron chi connectivity index (χ3n) is 5.58. The molecule has 1 aliphatic carbocycles. The van der Waals surface area contributed by atoms with Crippen LogP contribution < -0.4 is 10.9 Å². The number of aromatic nitrogens is 1. The van der Waals surface area contributed by atoms with Crippen LogP contribution in [0.25, 0.3) is 10.8 Å². The number of alkyl halides is 2. The Hall–Kier alpha value is -3.28. The summed E-state index contributed by atoms with van der Waals surface area (Å²) in [6.45, 7) is -0.735. The van der Waals surface area contributed by atoms with E-state index in [1.54, 1.807) is 30.3 Å². The van der Waals surface area contributed by atoms with Crippen LogP contribution in [0.4, 0.5) is 8.78 Å². The van der Waals surface area contributed by atoms with Crippen LogP contribution in [0.5, 0.6) is 0 Å². The molecule has 0 spiro atoms. The summed E-state index contributed by atoms with van der Waals surface area (Å²) in [5.41, 5.74) is 0.0274. The van der Waals surface area contributed by atoms with Gasteiger partial charge in [-0.2, -0.15) is 5.26 Å². The molecule has 2 amide bonds. The van der Waals surface area contributed by atoms with Crippen LogP contribution >= 0.6 is 0 Å². The molecule has 1 unspecified atom stereocenters. The predicted molar refractivity (Wildman–Crippen MR) is 99.2 cm³/mol. The second kappa shape index (κ2) is 6.95. The van der Waals surface area contributed by atoms with Gasteiger partial charge in [-0.05, 0) is 18.9 Å². The molecule has 7 nitrogen and oxygen atoms in total. The largest absolute Gasteiger partial charge is 0.349 e. The molecule has 2 aliphatic rings. The quantitative estimate of drug-likeness (QED) is 0.819. The van der Waals surface area contributed by atoms with E-state index in [0.717, 1.165) is 4.90 Å². The average Bonchev–Trinajstić information content (AvgIpc) is 2.99. The molecular formula is C20H18F2N4O3. The van der Waals surface area contributed by atoms with E-state index in [1.165, 1.54) is 6.20 Å². The Bertz CT molecular complexity index is 1090. The van der Waals surface area contributed by atoms with Crippen LogP contribution in [0, 0.1) is 17.2 Å². The van der Waals surface area contributed by atoms with Crippen molar-refractivity contribution in [3.63, 3.8) is 0 Å². The number of aromatic amines is 1. The Morgan fingerprint density at radius 1 is 1.24 bits per heavy atom. The Morgan fingerprint density at radius 3 is 2.62 bits per heavy atom. The van der Waals surface area contributed by atoms with Crippen molar-refractivity contribution in [2.45, 2.75) is 37.3 Å². The number of halogens is 2. The number of nitrogens with one attached hydrogen (secondary N) is 2. The number of likely N-dealkylation sites (tertiary alicyclic amines) is 1. The number of nitriles is 1. The minimum atomic E-state index is -3.04. The van der Waals surface area contributed by atoms with Crippen molar-refractivity contribution >= 4 is 22.6 Å². The van der Waals surface area contributed by atoms with Crippen molar-refractivity contribution < 1.29 is 18.4 Å². The molecule has 1 aromatic carbocycles. The van der Waals surface area contributed by atoms with Gasteiger partial charge in [0.25, 0.3) is 17.4 Å². The lowest BCUT2D eigenvalue weighted by molar-refractivity contribution is -0.140. The van der Waals surface area contributed by atoms with Gasteiger partial charge in [-0.1, -0.05) is 18.2 Å². The number of nitrogens with zero attached hydrogens (tertiary/aromatic N) is 2. The molecule has 2 fully saturated rings. The number of amides is 2. The molecule has 1 aliphatic heterocycles. The second-order valence-corrected chi connectivity index (χ2v) is 7.59. The Morgan fingerprint density at radius 2 is 1.93 bits per heavy atom. The number of benzene rings is 1. The Kier molecular flexibility index (Phi) is 4.57. The molecule has 2 aromatic rings. The first-order chi connectivity index (χ1) is 13.8. The molecule has 1 saturated carbocycles.